The first kappa shape index (κ1) is 18.8. The van der Waals surface area contributed by atoms with Crippen molar-refractivity contribution in [3.63, 3.8) is 0 Å². The van der Waals surface area contributed by atoms with E-state index in [1.54, 1.807) is 11.8 Å². The molecule has 1 aromatic rings. The molecule has 5 heteroatoms. The van der Waals surface area contributed by atoms with Gasteiger partial charge in [-0.05, 0) is 31.7 Å². The molecule has 0 radical (unpaired) electrons. The van der Waals surface area contributed by atoms with Crippen LogP contribution in [-0.4, -0.2) is 41.6 Å². The zero-order valence-corrected chi connectivity index (χ0v) is 15.5. The van der Waals surface area contributed by atoms with Crippen molar-refractivity contribution in [1.82, 2.24) is 10.2 Å². The third-order valence-electron chi connectivity index (χ3n) is 4.42. The van der Waals surface area contributed by atoms with Crippen LogP contribution in [0.3, 0.4) is 0 Å². The monoisotopic (exact) mass is 348 g/mol. The maximum absolute atomic E-state index is 12.6. The number of hydrogen-bond donors (Lipinski definition) is 1. The summed E-state index contributed by atoms with van der Waals surface area (Å²) in [5.41, 5.74) is 1.24. The summed E-state index contributed by atoms with van der Waals surface area (Å²) in [5.74, 6) is 1.26. The van der Waals surface area contributed by atoms with Gasteiger partial charge in [-0.25, -0.2) is 0 Å². The topological polar surface area (TPSA) is 49.4 Å². The van der Waals surface area contributed by atoms with Gasteiger partial charge in [0.25, 0.3) is 0 Å². The van der Waals surface area contributed by atoms with Crippen LogP contribution in [0.2, 0.25) is 0 Å². The fraction of sp³-hybridized carbons (Fsp3) is 0.579. The van der Waals surface area contributed by atoms with Crippen molar-refractivity contribution in [1.29, 1.82) is 0 Å². The van der Waals surface area contributed by atoms with E-state index >= 15 is 0 Å². The van der Waals surface area contributed by atoms with Crippen molar-refractivity contribution in [2.75, 3.05) is 19.6 Å². The summed E-state index contributed by atoms with van der Waals surface area (Å²) in [5, 5.41) is 2.92. The SMILES string of the molecule is CCCNC(=O)C1CCN(C(=O)C(C)SCc2ccccc2)CC1. The van der Waals surface area contributed by atoms with Crippen molar-refractivity contribution in [3.05, 3.63) is 35.9 Å². The third kappa shape index (κ3) is 5.55. The Kier molecular flexibility index (Phi) is 7.63. The Labute approximate surface area is 149 Å². The summed E-state index contributed by atoms with van der Waals surface area (Å²) in [6.45, 7) is 6.16. The van der Waals surface area contributed by atoms with Gasteiger partial charge in [0.15, 0.2) is 0 Å². The summed E-state index contributed by atoms with van der Waals surface area (Å²) in [4.78, 5) is 26.5. The molecular weight excluding hydrogens is 320 g/mol. The number of amides is 2. The minimum Gasteiger partial charge on any atom is -0.356 e. The number of piperidine rings is 1. The summed E-state index contributed by atoms with van der Waals surface area (Å²) in [6.07, 6.45) is 2.51. The van der Waals surface area contributed by atoms with E-state index in [2.05, 4.69) is 24.4 Å². The highest BCUT2D eigenvalue weighted by Gasteiger charge is 2.29. The molecule has 0 spiro atoms. The highest BCUT2D eigenvalue weighted by atomic mass is 32.2. The first-order valence-electron chi connectivity index (χ1n) is 8.83. The highest BCUT2D eigenvalue weighted by Crippen LogP contribution is 2.23. The van der Waals surface area contributed by atoms with E-state index < -0.39 is 0 Å². The van der Waals surface area contributed by atoms with Crippen LogP contribution in [0, 0.1) is 5.92 Å². The number of nitrogens with one attached hydrogen (secondary N) is 1. The second-order valence-corrected chi connectivity index (χ2v) is 7.66. The zero-order chi connectivity index (χ0) is 17.4. The number of thioether (sulfide) groups is 1. The lowest BCUT2D eigenvalue weighted by Crippen LogP contribution is -2.45. The number of benzene rings is 1. The van der Waals surface area contributed by atoms with E-state index in [0.29, 0.717) is 13.1 Å². The number of hydrogen-bond acceptors (Lipinski definition) is 3. The van der Waals surface area contributed by atoms with E-state index in [1.165, 1.54) is 5.56 Å². The molecule has 1 aromatic carbocycles. The first-order chi connectivity index (χ1) is 11.6. The van der Waals surface area contributed by atoms with Gasteiger partial charge < -0.3 is 10.2 Å². The fourth-order valence-corrected chi connectivity index (χ4v) is 3.81. The van der Waals surface area contributed by atoms with Gasteiger partial charge in [-0.2, -0.15) is 0 Å². The lowest BCUT2D eigenvalue weighted by molar-refractivity contribution is -0.134. The summed E-state index contributed by atoms with van der Waals surface area (Å²) >= 11 is 1.68. The Morgan fingerprint density at radius 3 is 2.54 bits per heavy atom. The van der Waals surface area contributed by atoms with Gasteiger partial charge in [0.05, 0.1) is 5.25 Å². The van der Waals surface area contributed by atoms with E-state index in [0.717, 1.165) is 31.6 Å². The van der Waals surface area contributed by atoms with Gasteiger partial charge in [-0.3, -0.25) is 9.59 Å². The number of likely N-dealkylation sites (tertiary alicyclic amines) is 1. The predicted molar refractivity (Wildman–Crippen MR) is 99.8 cm³/mol. The molecular formula is C19H28N2O2S. The molecule has 24 heavy (non-hydrogen) atoms. The van der Waals surface area contributed by atoms with Crippen molar-refractivity contribution in [3.8, 4) is 0 Å². The first-order valence-corrected chi connectivity index (χ1v) is 9.88. The Balaban J connectivity index is 1.74. The molecule has 2 amide bonds. The lowest BCUT2D eigenvalue weighted by atomic mass is 9.95. The Morgan fingerprint density at radius 2 is 1.92 bits per heavy atom. The zero-order valence-electron chi connectivity index (χ0n) is 14.7. The van der Waals surface area contributed by atoms with Crippen LogP contribution in [0.25, 0.3) is 0 Å². The molecule has 1 atom stereocenters. The molecule has 1 aliphatic heterocycles. The molecule has 1 heterocycles. The van der Waals surface area contributed by atoms with Crippen LogP contribution in [-0.2, 0) is 15.3 Å². The Bertz CT molecular complexity index is 527. The third-order valence-corrected chi connectivity index (χ3v) is 5.62. The van der Waals surface area contributed by atoms with Crippen molar-refractivity contribution >= 4 is 23.6 Å². The van der Waals surface area contributed by atoms with Gasteiger partial charge in [0, 0.05) is 31.3 Å². The van der Waals surface area contributed by atoms with Crippen LogP contribution in [0.1, 0.15) is 38.7 Å². The fourth-order valence-electron chi connectivity index (χ4n) is 2.88. The van der Waals surface area contributed by atoms with Crippen LogP contribution in [0.4, 0.5) is 0 Å². The number of nitrogens with zero attached hydrogens (tertiary/aromatic N) is 1. The molecule has 4 nitrogen and oxygen atoms in total. The summed E-state index contributed by atoms with van der Waals surface area (Å²) < 4.78 is 0. The molecule has 0 bridgehead atoms. The van der Waals surface area contributed by atoms with Crippen LogP contribution < -0.4 is 5.32 Å². The second-order valence-electron chi connectivity index (χ2n) is 6.33. The van der Waals surface area contributed by atoms with E-state index in [4.69, 9.17) is 0 Å². The number of carbonyl (C=O) groups excluding carboxylic acids is 2. The molecule has 1 saturated heterocycles. The second kappa shape index (κ2) is 9.72. The molecule has 0 aliphatic carbocycles. The van der Waals surface area contributed by atoms with E-state index in [9.17, 15) is 9.59 Å². The maximum atomic E-state index is 12.6. The number of rotatable bonds is 7. The molecule has 1 fully saturated rings. The minimum atomic E-state index is -0.0457. The highest BCUT2D eigenvalue weighted by molar-refractivity contribution is 7.99. The molecule has 0 saturated carbocycles. The van der Waals surface area contributed by atoms with Gasteiger partial charge >= 0.3 is 0 Å². The van der Waals surface area contributed by atoms with Gasteiger partial charge in [-0.1, -0.05) is 37.3 Å². The molecule has 1 unspecified atom stereocenters. The molecule has 2 rings (SSSR count). The van der Waals surface area contributed by atoms with Crippen LogP contribution in [0.15, 0.2) is 30.3 Å². The van der Waals surface area contributed by atoms with E-state index in [-0.39, 0.29) is 23.0 Å². The van der Waals surface area contributed by atoms with Crippen molar-refractivity contribution in [2.24, 2.45) is 5.92 Å². The van der Waals surface area contributed by atoms with Crippen molar-refractivity contribution in [2.45, 2.75) is 44.1 Å². The normalized spacial score (nSPS) is 16.7. The predicted octanol–water partition coefficient (Wildman–Crippen LogP) is 3.07. The minimum absolute atomic E-state index is 0.0457. The maximum Gasteiger partial charge on any atom is 0.235 e. The Hall–Kier alpha value is -1.49. The Morgan fingerprint density at radius 1 is 1.25 bits per heavy atom. The quantitative estimate of drug-likeness (QED) is 0.824. The van der Waals surface area contributed by atoms with Crippen LogP contribution >= 0.6 is 11.8 Å². The smallest absolute Gasteiger partial charge is 0.235 e. The average Bonchev–Trinajstić information content (AvgIpc) is 2.64. The van der Waals surface area contributed by atoms with Crippen molar-refractivity contribution < 1.29 is 9.59 Å². The average molecular weight is 349 g/mol. The molecule has 1 aliphatic rings. The molecule has 1 N–H and O–H groups in total. The summed E-state index contributed by atoms with van der Waals surface area (Å²) in [7, 11) is 0. The lowest BCUT2D eigenvalue weighted by Gasteiger charge is -2.33. The van der Waals surface area contributed by atoms with Gasteiger partial charge in [0.1, 0.15) is 0 Å². The molecule has 132 valence electrons. The van der Waals surface area contributed by atoms with E-state index in [1.807, 2.05) is 30.0 Å². The largest absolute Gasteiger partial charge is 0.356 e. The van der Waals surface area contributed by atoms with Crippen LogP contribution in [0.5, 0.6) is 0 Å². The standard InChI is InChI=1S/C19H28N2O2S/c1-3-11-20-18(22)17-9-12-21(13-10-17)19(23)15(2)24-14-16-7-5-4-6-8-16/h4-8,15,17H,3,9-14H2,1-2H3,(H,20,22). The molecule has 0 aromatic heterocycles. The summed E-state index contributed by atoms with van der Waals surface area (Å²) in [6, 6.07) is 10.2. The van der Waals surface area contributed by atoms with Gasteiger partial charge in [-0.15, -0.1) is 11.8 Å². The van der Waals surface area contributed by atoms with Gasteiger partial charge in [0.2, 0.25) is 11.8 Å². The number of carbonyl (C=O) groups is 2.